The van der Waals surface area contributed by atoms with Crippen molar-refractivity contribution in [3.63, 3.8) is 0 Å². The number of fused-ring (bicyclic) bond motifs is 13. The van der Waals surface area contributed by atoms with Crippen molar-refractivity contribution in [3.8, 4) is 90.4 Å². The zero-order valence-corrected chi connectivity index (χ0v) is 53.5. The highest BCUT2D eigenvalue weighted by Crippen LogP contribution is 2.54. The second-order valence-corrected chi connectivity index (χ2v) is 25.6. The van der Waals surface area contributed by atoms with Gasteiger partial charge in [0.05, 0.1) is 60.7 Å². The lowest BCUT2D eigenvalue weighted by Crippen LogP contribution is -2.06. The molecule has 20 rings (SSSR count). The van der Waals surface area contributed by atoms with E-state index >= 15 is 0 Å². The maximum absolute atomic E-state index is 12.8. The van der Waals surface area contributed by atoms with E-state index in [-0.39, 0.29) is 0 Å². The number of nitriles is 1. The third-order valence-electron chi connectivity index (χ3n) is 20.4. The Morgan fingerprint density at radius 3 is 0.737 bits per heavy atom. The van der Waals surface area contributed by atoms with E-state index in [2.05, 4.69) is 375 Å². The first-order valence-corrected chi connectivity index (χ1v) is 33.7. The highest BCUT2D eigenvalue weighted by Gasteiger charge is 2.33. The molecule has 0 bridgehead atoms. The Morgan fingerprint density at radius 2 is 0.434 bits per heavy atom. The van der Waals surface area contributed by atoms with Crippen molar-refractivity contribution in [2.45, 2.75) is 0 Å². The fourth-order valence-corrected chi connectivity index (χ4v) is 16.2. The predicted molar refractivity (Wildman–Crippen MR) is 410 cm³/mol. The quantitative estimate of drug-likeness (QED) is 0.137. The Morgan fingerprint density at radius 1 is 0.202 bits per heavy atom. The predicted octanol–water partition coefficient (Wildman–Crippen LogP) is 23.6. The number of benzene rings is 15. The first-order valence-electron chi connectivity index (χ1n) is 33.7. The van der Waals surface area contributed by atoms with Gasteiger partial charge in [0, 0.05) is 93.8 Å². The van der Waals surface area contributed by atoms with Crippen LogP contribution in [0.2, 0.25) is 0 Å². The average Bonchev–Trinajstić information content (AvgIpc) is 1.60. The second kappa shape index (κ2) is 22.3. The Labute approximate surface area is 569 Å². The van der Waals surface area contributed by atoms with Crippen LogP contribution in [-0.2, 0) is 0 Å². The minimum atomic E-state index is 0.526. The van der Waals surface area contributed by atoms with Crippen LogP contribution in [0.1, 0.15) is 5.56 Å². The van der Waals surface area contributed by atoms with Crippen LogP contribution >= 0.6 is 0 Å². The second-order valence-electron chi connectivity index (χ2n) is 25.6. The summed E-state index contributed by atoms with van der Waals surface area (Å²) in [5, 5.41) is 22.4. The molecule has 7 heteroatoms. The van der Waals surface area contributed by atoms with Gasteiger partial charge in [0.1, 0.15) is 11.9 Å². The molecule has 0 unspecified atom stereocenters. The molecule has 0 N–H and O–H groups in total. The molecule has 0 aliphatic carbocycles. The Hall–Kier alpha value is -13.5. The Bertz CT molecular complexity index is 6480. The van der Waals surface area contributed by atoms with Crippen molar-refractivity contribution in [2.75, 3.05) is 0 Å². The van der Waals surface area contributed by atoms with Gasteiger partial charge in [0.2, 0.25) is 0 Å². The first-order chi connectivity index (χ1) is 49.1. The van der Waals surface area contributed by atoms with E-state index in [1.165, 1.54) is 43.1 Å². The summed E-state index contributed by atoms with van der Waals surface area (Å²) >= 11 is 0. The lowest BCUT2D eigenvalue weighted by atomic mass is 9.77. The maximum Gasteiger partial charge on any atom is 0.147 e. The van der Waals surface area contributed by atoms with Gasteiger partial charge in [-0.3, -0.25) is 4.57 Å². The molecule has 460 valence electrons. The van der Waals surface area contributed by atoms with E-state index in [4.69, 9.17) is 4.98 Å². The Balaban J connectivity index is 0.924. The van der Waals surface area contributed by atoms with Gasteiger partial charge in [-0.15, -0.1) is 0 Å². The highest BCUT2D eigenvalue weighted by molar-refractivity contribution is 6.15. The summed E-state index contributed by atoms with van der Waals surface area (Å²) in [5.74, 6) is 0.707. The lowest BCUT2D eigenvalue weighted by molar-refractivity contribution is 1.10. The number of hydrogen-bond acceptors (Lipinski definition) is 2. The number of aromatic nitrogens is 6. The van der Waals surface area contributed by atoms with E-state index in [0.29, 0.717) is 11.4 Å². The third kappa shape index (κ3) is 8.53. The molecular formula is C92H57N7. The molecule has 0 saturated heterocycles. The SMILES string of the molecule is N#Cc1c(-c2ccc(-n3c4ccccc4c4ccccc43)cc2)c(-c2ccc(-n3c4ccccc4c4ccccc43)cc2)c(-c2ccc(-n3c4ccccc4c4ccccc43)cc2)c(-c2nc3ccccc3n2-c2ccccc2)c1-c1ccc(-n2c3ccccc3c3ccccc32)cc1. The van der Waals surface area contributed by atoms with Crippen molar-refractivity contribution in [2.24, 2.45) is 0 Å². The molecule has 0 amide bonds. The molecule has 0 aliphatic heterocycles. The molecule has 15 aromatic carbocycles. The first kappa shape index (κ1) is 55.9. The molecule has 20 aromatic rings. The van der Waals surface area contributed by atoms with E-state index in [1.54, 1.807) is 0 Å². The molecule has 7 nitrogen and oxygen atoms in total. The molecule has 0 fully saturated rings. The highest BCUT2D eigenvalue weighted by atomic mass is 15.1. The summed E-state index contributed by atoms with van der Waals surface area (Å²) in [4.78, 5) is 5.83. The van der Waals surface area contributed by atoms with Gasteiger partial charge in [-0.05, 0) is 149 Å². The monoisotopic (exact) mass is 1260 g/mol. The van der Waals surface area contributed by atoms with Crippen LogP contribution in [0.3, 0.4) is 0 Å². The van der Waals surface area contributed by atoms with Gasteiger partial charge in [0.15, 0.2) is 0 Å². The number of hydrogen-bond donors (Lipinski definition) is 0. The smallest absolute Gasteiger partial charge is 0.147 e. The summed E-state index contributed by atoms with van der Waals surface area (Å²) < 4.78 is 11.8. The van der Waals surface area contributed by atoms with E-state index in [9.17, 15) is 5.26 Å². The molecule has 99 heavy (non-hydrogen) atoms. The largest absolute Gasteiger partial charge is 0.309 e. The molecule has 0 radical (unpaired) electrons. The lowest BCUT2D eigenvalue weighted by Gasteiger charge is -2.26. The fourth-order valence-electron chi connectivity index (χ4n) is 16.2. The van der Waals surface area contributed by atoms with Crippen LogP contribution in [0.5, 0.6) is 0 Å². The minimum absolute atomic E-state index is 0.526. The number of nitrogens with zero attached hydrogens (tertiary/aromatic N) is 7. The van der Waals surface area contributed by atoms with Crippen LogP contribution in [0, 0.1) is 11.3 Å². The van der Waals surface area contributed by atoms with Gasteiger partial charge in [0.25, 0.3) is 0 Å². The zero-order chi connectivity index (χ0) is 65.2. The van der Waals surface area contributed by atoms with Crippen molar-refractivity contribution in [1.29, 1.82) is 5.26 Å². The minimum Gasteiger partial charge on any atom is -0.309 e. The van der Waals surface area contributed by atoms with Gasteiger partial charge in [-0.1, -0.05) is 224 Å². The van der Waals surface area contributed by atoms with Crippen molar-refractivity contribution >= 4 is 98.3 Å². The third-order valence-corrected chi connectivity index (χ3v) is 20.4. The molecule has 0 aliphatic rings. The van der Waals surface area contributed by atoms with E-state index < -0.39 is 0 Å². The molecule has 0 saturated carbocycles. The normalized spacial score (nSPS) is 11.8. The molecule has 0 spiro atoms. The summed E-state index contributed by atoms with van der Waals surface area (Å²) in [6, 6.07) is 127. The van der Waals surface area contributed by atoms with Crippen molar-refractivity contribution in [1.82, 2.24) is 27.8 Å². The fraction of sp³-hybridized carbons (Fsp3) is 0. The zero-order valence-electron chi connectivity index (χ0n) is 53.5. The van der Waals surface area contributed by atoms with E-state index in [0.717, 1.165) is 134 Å². The number of rotatable bonds is 10. The summed E-state index contributed by atoms with van der Waals surface area (Å²) in [6.07, 6.45) is 0. The standard InChI is InChI=1S/C92H57N7/c93-58-76-87(59-42-50-64(51-43-59)95-78-33-13-4-24-68(78)69-25-5-14-34-79(69)95)89(61-46-54-66(55-47-61)97-82-37-17-8-28-72(82)73-29-9-18-38-83(73)97)90(62-48-56-67(57-49-62)98-84-39-19-10-30-74(84)75-31-11-20-40-85(75)98)91(92-94-77-32-12-21-41-86(77)99(92)63-22-2-1-3-23-63)88(76)60-44-52-65(53-45-60)96-80-35-15-6-26-70(80)71-27-7-16-36-81(71)96/h1-57H. The molecule has 5 heterocycles. The average molecular weight is 1260 g/mol. The van der Waals surface area contributed by atoms with Gasteiger partial charge < -0.3 is 18.3 Å². The summed E-state index contributed by atoms with van der Waals surface area (Å²) in [6.45, 7) is 0. The molecule has 5 aromatic heterocycles. The van der Waals surface area contributed by atoms with Crippen molar-refractivity contribution in [3.05, 3.63) is 351 Å². The molecule has 0 atom stereocenters. The van der Waals surface area contributed by atoms with Crippen LogP contribution < -0.4 is 0 Å². The van der Waals surface area contributed by atoms with Crippen molar-refractivity contribution < 1.29 is 0 Å². The van der Waals surface area contributed by atoms with Crippen LogP contribution in [0.15, 0.2) is 346 Å². The van der Waals surface area contributed by atoms with Crippen LogP contribution in [0.25, 0.3) is 183 Å². The molecular weight excluding hydrogens is 1200 g/mol. The summed E-state index contributed by atoms with van der Waals surface area (Å²) in [7, 11) is 0. The number of imidazole rings is 1. The topological polar surface area (TPSA) is 61.3 Å². The van der Waals surface area contributed by atoms with Crippen LogP contribution in [-0.4, -0.2) is 27.8 Å². The maximum atomic E-state index is 12.8. The summed E-state index contributed by atoms with van der Waals surface area (Å²) in [5.41, 5.74) is 24.2. The van der Waals surface area contributed by atoms with Gasteiger partial charge >= 0.3 is 0 Å². The van der Waals surface area contributed by atoms with E-state index in [1.807, 2.05) is 0 Å². The van der Waals surface area contributed by atoms with Gasteiger partial charge in [-0.2, -0.15) is 5.26 Å². The van der Waals surface area contributed by atoms with Crippen LogP contribution in [0.4, 0.5) is 0 Å². The Kier molecular flexibility index (Phi) is 12.6. The van der Waals surface area contributed by atoms with Gasteiger partial charge in [-0.25, -0.2) is 4.98 Å². The number of para-hydroxylation sites is 11.